The van der Waals surface area contributed by atoms with E-state index >= 15 is 0 Å². The lowest BCUT2D eigenvalue weighted by atomic mass is 10.1. The van der Waals surface area contributed by atoms with Gasteiger partial charge in [-0.05, 0) is 51.3 Å². The topological polar surface area (TPSA) is 121 Å². The first kappa shape index (κ1) is 28.9. The van der Waals surface area contributed by atoms with Crippen LogP contribution in [0.3, 0.4) is 0 Å². The van der Waals surface area contributed by atoms with Gasteiger partial charge in [0, 0.05) is 37.2 Å². The maximum atomic E-state index is 12.3. The summed E-state index contributed by atoms with van der Waals surface area (Å²) >= 11 is 6.41. The fourth-order valence-electron chi connectivity index (χ4n) is 4.17. The van der Waals surface area contributed by atoms with Crippen LogP contribution in [-0.2, 0) is 9.47 Å². The van der Waals surface area contributed by atoms with Crippen molar-refractivity contribution in [3.63, 3.8) is 0 Å². The van der Waals surface area contributed by atoms with Gasteiger partial charge in [0.25, 0.3) is 0 Å². The number of nitrogens with zero attached hydrogens (tertiary/aromatic N) is 5. The molecule has 0 unspecified atom stereocenters. The predicted molar refractivity (Wildman–Crippen MR) is 152 cm³/mol. The molecule has 0 atom stereocenters. The van der Waals surface area contributed by atoms with E-state index in [4.69, 9.17) is 25.8 Å². The Balaban J connectivity index is 1.35. The van der Waals surface area contributed by atoms with Crippen LogP contribution in [-0.4, -0.2) is 69.6 Å². The summed E-state index contributed by atoms with van der Waals surface area (Å²) in [7, 11) is 2.79. The number of halogens is 1. The Bertz CT molecular complexity index is 1370. The highest BCUT2D eigenvalue weighted by Crippen LogP contribution is 2.31. The molecule has 3 heterocycles. The highest BCUT2D eigenvalue weighted by molar-refractivity contribution is 6.33. The van der Waals surface area contributed by atoms with E-state index in [1.54, 1.807) is 41.7 Å². The number of anilines is 2. The fraction of sp³-hybridized carbons (Fsp3) is 0.393. The molecule has 0 spiro atoms. The number of benzene rings is 1. The molecule has 1 N–H and O–H groups in total. The summed E-state index contributed by atoms with van der Waals surface area (Å²) in [5.41, 5.74) is 1.90. The summed E-state index contributed by atoms with van der Waals surface area (Å²) in [6, 6.07) is 3.35. The second kappa shape index (κ2) is 12.4. The van der Waals surface area contributed by atoms with Crippen molar-refractivity contribution in [3.05, 3.63) is 58.6 Å². The van der Waals surface area contributed by atoms with Crippen molar-refractivity contribution in [2.75, 3.05) is 32.6 Å². The number of methoxy groups -OCH3 is 2. The van der Waals surface area contributed by atoms with Crippen molar-refractivity contribution in [2.45, 2.75) is 45.3 Å². The quantitative estimate of drug-likeness (QED) is 0.362. The van der Waals surface area contributed by atoms with E-state index in [2.05, 4.69) is 20.4 Å². The van der Waals surface area contributed by atoms with Crippen LogP contribution in [0.2, 0.25) is 5.02 Å². The van der Waals surface area contributed by atoms with Gasteiger partial charge in [-0.25, -0.2) is 19.6 Å². The summed E-state index contributed by atoms with van der Waals surface area (Å²) in [4.78, 5) is 34.8. The Morgan fingerprint density at radius 3 is 2.40 bits per heavy atom. The zero-order valence-corrected chi connectivity index (χ0v) is 23.9. The first-order valence-electron chi connectivity index (χ1n) is 12.8. The average Bonchev–Trinajstić information content (AvgIpc) is 3.40. The SMILES string of the molecule is COC(=O)c1cc(C=Cc2cnc(Nc3cnn(C4CCN(C(=O)OC(C)(C)C)CC4)c3)nc2)c(Cl)c(OC)c1. The lowest BCUT2D eigenvalue weighted by molar-refractivity contribution is 0.0184. The molecule has 11 nitrogen and oxygen atoms in total. The maximum Gasteiger partial charge on any atom is 0.410 e. The molecular formula is C28H33ClN6O5. The first-order chi connectivity index (χ1) is 19.1. The van der Waals surface area contributed by atoms with Gasteiger partial charge in [-0.3, -0.25) is 4.68 Å². The Morgan fingerprint density at radius 1 is 1.07 bits per heavy atom. The highest BCUT2D eigenvalue weighted by atomic mass is 35.5. The molecule has 1 saturated heterocycles. The fourth-order valence-corrected chi connectivity index (χ4v) is 4.42. The van der Waals surface area contributed by atoms with Crippen LogP contribution in [0, 0.1) is 0 Å². The third-order valence-corrected chi connectivity index (χ3v) is 6.59. The van der Waals surface area contributed by atoms with Gasteiger partial charge in [0.2, 0.25) is 5.95 Å². The zero-order valence-electron chi connectivity index (χ0n) is 23.2. The lowest BCUT2D eigenvalue weighted by Gasteiger charge is -2.33. The molecule has 2 aromatic heterocycles. The number of aromatic nitrogens is 4. The summed E-state index contributed by atoms with van der Waals surface area (Å²) in [5, 5.41) is 8.03. The van der Waals surface area contributed by atoms with Crippen molar-refractivity contribution in [3.8, 4) is 5.75 Å². The number of piperidine rings is 1. The standard InChI is InChI=1S/C28H33ClN6O5/c1-28(2,3)40-27(37)34-10-8-22(9-11-34)35-17-21(16-32-35)33-26-30-14-18(15-31-26)6-7-19-12-20(25(36)39-5)13-23(38-4)24(19)29/h6-7,12-17,22H,8-11H2,1-5H3,(H,30,31,33). The number of nitrogens with one attached hydrogen (secondary N) is 1. The van der Waals surface area contributed by atoms with E-state index in [9.17, 15) is 9.59 Å². The van der Waals surface area contributed by atoms with Crippen LogP contribution >= 0.6 is 11.6 Å². The monoisotopic (exact) mass is 568 g/mol. The molecule has 1 aromatic carbocycles. The smallest absolute Gasteiger partial charge is 0.410 e. The zero-order chi connectivity index (χ0) is 28.9. The molecule has 1 aliphatic heterocycles. The molecule has 4 rings (SSSR count). The second-order valence-electron chi connectivity index (χ2n) is 10.3. The van der Waals surface area contributed by atoms with Crippen LogP contribution in [0.5, 0.6) is 5.75 Å². The molecule has 0 bridgehead atoms. The van der Waals surface area contributed by atoms with Gasteiger partial charge in [-0.15, -0.1) is 0 Å². The number of hydrogen-bond acceptors (Lipinski definition) is 9. The summed E-state index contributed by atoms with van der Waals surface area (Å²) < 4.78 is 17.5. The van der Waals surface area contributed by atoms with Gasteiger partial charge in [-0.2, -0.15) is 5.10 Å². The molecule has 1 fully saturated rings. The van der Waals surface area contributed by atoms with Crippen molar-refractivity contribution >= 4 is 47.5 Å². The molecule has 12 heteroatoms. The molecule has 0 aliphatic carbocycles. The average molecular weight is 569 g/mol. The van der Waals surface area contributed by atoms with Crippen LogP contribution in [0.25, 0.3) is 12.2 Å². The van der Waals surface area contributed by atoms with Gasteiger partial charge < -0.3 is 24.4 Å². The predicted octanol–water partition coefficient (Wildman–Crippen LogP) is 5.61. The van der Waals surface area contributed by atoms with E-state index in [1.165, 1.54) is 20.3 Å². The number of esters is 1. The maximum absolute atomic E-state index is 12.3. The molecule has 3 aromatic rings. The molecular weight excluding hydrogens is 536 g/mol. The number of ether oxygens (including phenoxy) is 3. The van der Waals surface area contributed by atoms with Gasteiger partial charge in [0.15, 0.2) is 0 Å². The minimum Gasteiger partial charge on any atom is -0.495 e. The Hall–Kier alpha value is -4.12. The molecule has 1 aliphatic rings. The van der Waals surface area contributed by atoms with Crippen molar-refractivity contribution in [1.82, 2.24) is 24.6 Å². The van der Waals surface area contributed by atoms with Gasteiger partial charge >= 0.3 is 12.1 Å². The number of carbonyl (C=O) groups excluding carboxylic acids is 2. The van der Waals surface area contributed by atoms with Crippen LogP contribution < -0.4 is 10.1 Å². The Kier molecular flexibility index (Phi) is 8.93. The second-order valence-corrected chi connectivity index (χ2v) is 10.7. The van der Waals surface area contributed by atoms with E-state index in [0.29, 0.717) is 40.9 Å². The summed E-state index contributed by atoms with van der Waals surface area (Å²) in [6.45, 7) is 6.83. The number of rotatable bonds is 7. The molecule has 0 saturated carbocycles. The van der Waals surface area contributed by atoms with Gasteiger partial charge in [0.1, 0.15) is 11.4 Å². The Morgan fingerprint density at radius 2 is 1.77 bits per heavy atom. The molecule has 40 heavy (non-hydrogen) atoms. The Labute approximate surface area is 238 Å². The normalized spacial score (nSPS) is 14.3. The summed E-state index contributed by atoms with van der Waals surface area (Å²) in [5.74, 6) is 0.302. The van der Waals surface area contributed by atoms with E-state index in [0.717, 1.165) is 24.1 Å². The largest absolute Gasteiger partial charge is 0.495 e. The number of hydrogen-bond donors (Lipinski definition) is 1. The lowest BCUT2D eigenvalue weighted by Crippen LogP contribution is -2.42. The summed E-state index contributed by atoms with van der Waals surface area (Å²) in [6.07, 6.45) is 11.8. The number of carbonyl (C=O) groups is 2. The van der Waals surface area contributed by atoms with Crippen LogP contribution in [0.4, 0.5) is 16.4 Å². The molecule has 1 amide bonds. The molecule has 212 valence electrons. The van der Waals surface area contributed by atoms with E-state index in [1.807, 2.05) is 31.6 Å². The molecule has 0 radical (unpaired) electrons. The highest BCUT2D eigenvalue weighted by Gasteiger charge is 2.28. The van der Waals surface area contributed by atoms with Crippen molar-refractivity contribution < 1.29 is 23.8 Å². The first-order valence-corrected chi connectivity index (χ1v) is 13.2. The number of likely N-dealkylation sites (tertiary alicyclic amines) is 1. The van der Waals surface area contributed by atoms with Crippen molar-refractivity contribution in [1.29, 1.82) is 0 Å². The van der Waals surface area contributed by atoms with Crippen LogP contribution in [0.15, 0.2) is 36.9 Å². The van der Waals surface area contributed by atoms with Gasteiger partial charge in [-0.1, -0.05) is 23.8 Å². The minimum absolute atomic E-state index is 0.186. The number of amides is 1. The van der Waals surface area contributed by atoms with Crippen LogP contribution in [0.1, 0.15) is 61.1 Å². The van der Waals surface area contributed by atoms with Gasteiger partial charge in [0.05, 0.1) is 42.7 Å². The minimum atomic E-state index is -0.507. The van der Waals surface area contributed by atoms with E-state index < -0.39 is 11.6 Å². The third kappa shape index (κ3) is 7.29. The van der Waals surface area contributed by atoms with E-state index in [-0.39, 0.29) is 12.1 Å². The van der Waals surface area contributed by atoms with Crippen molar-refractivity contribution in [2.24, 2.45) is 0 Å². The third-order valence-electron chi connectivity index (χ3n) is 6.18.